The van der Waals surface area contributed by atoms with Crippen LogP contribution in [0.5, 0.6) is 5.75 Å². The van der Waals surface area contributed by atoms with Gasteiger partial charge in [0, 0.05) is 38.7 Å². The Morgan fingerprint density at radius 1 is 1.09 bits per heavy atom. The van der Waals surface area contributed by atoms with E-state index in [-0.39, 0.29) is 30.1 Å². The minimum Gasteiger partial charge on any atom is -0.488 e. The molecule has 176 valence electrons. The second kappa shape index (κ2) is 14.3. The van der Waals surface area contributed by atoms with Crippen molar-refractivity contribution in [3.05, 3.63) is 64.7 Å². The SMILES string of the molecule is CCCOCc1ccccc1CNC(=NC)NCc1ccc(C)cc1OC1CCOC1.I. The fourth-order valence-corrected chi connectivity index (χ4v) is 3.48. The van der Waals surface area contributed by atoms with Crippen molar-refractivity contribution >= 4 is 29.9 Å². The first-order chi connectivity index (χ1) is 15.2. The molecule has 0 spiro atoms. The zero-order valence-corrected chi connectivity index (χ0v) is 21.7. The van der Waals surface area contributed by atoms with E-state index in [2.05, 4.69) is 71.9 Å². The molecule has 2 N–H and O–H groups in total. The largest absolute Gasteiger partial charge is 0.488 e. The second-order valence-electron chi connectivity index (χ2n) is 7.82. The van der Waals surface area contributed by atoms with Crippen LogP contribution in [-0.2, 0) is 29.2 Å². The van der Waals surface area contributed by atoms with Crippen LogP contribution in [0, 0.1) is 6.92 Å². The van der Waals surface area contributed by atoms with Crippen molar-refractivity contribution in [3.63, 3.8) is 0 Å². The summed E-state index contributed by atoms with van der Waals surface area (Å²) in [6.07, 6.45) is 2.09. The molecule has 0 radical (unpaired) electrons. The van der Waals surface area contributed by atoms with Gasteiger partial charge < -0.3 is 24.8 Å². The quantitative estimate of drug-likeness (QED) is 0.195. The van der Waals surface area contributed by atoms with Crippen molar-refractivity contribution in [2.45, 2.75) is 52.5 Å². The molecule has 0 saturated carbocycles. The maximum atomic E-state index is 6.21. The predicted molar refractivity (Wildman–Crippen MR) is 140 cm³/mol. The molecule has 0 bridgehead atoms. The second-order valence-corrected chi connectivity index (χ2v) is 7.82. The lowest BCUT2D eigenvalue weighted by Gasteiger charge is -2.18. The number of benzene rings is 2. The van der Waals surface area contributed by atoms with Crippen molar-refractivity contribution in [2.24, 2.45) is 4.99 Å². The number of halogens is 1. The molecular weight excluding hydrogens is 517 g/mol. The third kappa shape index (κ3) is 8.26. The Balaban J connectivity index is 0.00000363. The van der Waals surface area contributed by atoms with Crippen molar-refractivity contribution < 1.29 is 14.2 Å². The Labute approximate surface area is 209 Å². The van der Waals surface area contributed by atoms with Crippen molar-refractivity contribution in [1.29, 1.82) is 0 Å². The van der Waals surface area contributed by atoms with Gasteiger partial charge in [-0.3, -0.25) is 4.99 Å². The summed E-state index contributed by atoms with van der Waals surface area (Å²) in [6.45, 7) is 8.35. The highest BCUT2D eigenvalue weighted by Crippen LogP contribution is 2.23. The molecule has 1 unspecified atom stereocenters. The van der Waals surface area contributed by atoms with Crippen LogP contribution < -0.4 is 15.4 Å². The van der Waals surface area contributed by atoms with Gasteiger partial charge in [0.25, 0.3) is 0 Å². The van der Waals surface area contributed by atoms with Crippen LogP contribution in [0.1, 0.15) is 42.0 Å². The standard InChI is InChI=1S/C25H35N3O3.HI/c1-4-12-29-17-22-8-6-5-7-20(22)15-27-25(26-3)28-16-21-10-9-19(2)14-24(21)31-23-11-13-30-18-23;/h5-10,14,23H,4,11-13,15-18H2,1-3H3,(H2,26,27,28);1H. The Bertz CT molecular complexity index is 854. The molecule has 1 fully saturated rings. The molecule has 32 heavy (non-hydrogen) atoms. The van der Waals surface area contributed by atoms with E-state index in [1.807, 2.05) is 0 Å². The minimum absolute atomic E-state index is 0. The molecule has 1 atom stereocenters. The number of guanidine groups is 1. The number of hydrogen-bond donors (Lipinski definition) is 2. The fraction of sp³-hybridized carbons (Fsp3) is 0.480. The Hall–Kier alpha value is -1.84. The van der Waals surface area contributed by atoms with Crippen LogP contribution in [0.3, 0.4) is 0 Å². The summed E-state index contributed by atoms with van der Waals surface area (Å²) in [6, 6.07) is 14.7. The third-order valence-electron chi connectivity index (χ3n) is 5.24. The molecule has 6 nitrogen and oxygen atoms in total. The van der Waals surface area contributed by atoms with Crippen LogP contribution in [0.2, 0.25) is 0 Å². The molecule has 2 aromatic carbocycles. The fourth-order valence-electron chi connectivity index (χ4n) is 3.48. The van der Waals surface area contributed by atoms with Crippen LogP contribution in [0.25, 0.3) is 0 Å². The van der Waals surface area contributed by atoms with Gasteiger partial charge in [-0.15, -0.1) is 24.0 Å². The normalized spacial score (nSPS) is 15.8. The van der Waals surface area contributed by atoms with Crippen LogP contribution >= 0.6 is 24.0 Å². The molecule has 1 aliphatic rings. The summed E-state index contributed by atoms with van der Waals surface area (Å²) in [7, 11) is 1.79. The number of hydrogen-bond acceptors (Lipinski definition) is 4. The molecular formula is C25H36IN3O3. The van der Waals surface area contributed by atoms with Gasteiger partial charge in [0.05, 0.1) is 19.8 Å². The molecule has 0 aliphatic carbocycles. The minimum atomic E-state index is 0. The lowest BCUT2D eigenvalue weighted by molar-refractivity contribution is 0.121. The molecule has 7 heteroatoms. The smallest absolute Gasteiger partial charge is 0.191 e. The molecule has 2 aromatic rings. The van der Waals surface area contributed by atoms with E-state index in [1.54, 1.807) is 7.05 Å². The van der Waals surface area contributed by atoms with E-state index in [9.17, 15) is 0 Å². The molecule has 1 aliphatic heterocycles. The van der Waals surface area contributed by atoms with Gasteiger partial charge in [0.1, 0.15) is 11.9 Å². The molecule has 3 rings (SSSR count). The predicted octanol–water partition coefficient (Wildman–Crippen LogP) is 4.57. The van der Waals surface area contributed by atoms with Gasteiger partial charge in [-0.05, 0) is 36.1 Å². The van der Waals surface area contributed by atoms with Crippen LogP contribution in [0.15, 0.2) is 47.5 Å². The van der Waals surface area contributed by atoms with E-state index in [1.165, 1.54) is 16.7 Å². The summed E-state index contributed by atoms with van der Waals surface area (Å²) in [5, 5.41) is 6.82. The van der Waals surface area contributed by atoms with Crippen LogP contribution in [0.4, 0.5) is 0 Å². The van der Waals surface area contributed by atoms with Crippen LogP contribution in [-0.4, -0.2) is 38.9 Å². The average Bonchev–Trinajstić information content (AvgIpc) is 3.29. The Morgan fingerprint density at radius 3 is 2.53 bits per heavy atom. The molecule has 0 aromatic heterocycles. The zero-order valence-electron chi connectivity index (χ0n) is 19.4. The Morgan fingerprint density at radius 2 is 1.84 bits per heavy atom. The summed E-state index contributed by atoms with van der Waals surface area (Å²) < 4.78 is 17.4. The third-order valence-corrected chi connectivity index (χ3v) is 5.24. The first kappa shape index (κ1) is 26.4. The number of nitrogens with zero attached hydrogens (tertiary/aromatic N) is 1. The Kier molecular flexibility index (Phi) is 11.8. The molecule has 1 heterocycles. The van der Waals surface area contributed by atoms with Gasteiger partial charge in [-0.25, -0.2) is 0 Å². The summed E-state index contributed by atoms with van der Waals surface area (Å²) in [5.41, 5.74) is 4.70. The topological polar surface area (TPSA) is 64.1 Å². The first-order valence-corrected chi connectivity index (χ1v) is 11.1. The van der Waals surface area contributed by atoms with E-state index in [4.69, 9.17) is 14.2 Å². The highest BCUT2D eigenvalue weighted by Gasteiger charge is 2.18. The number of aryl methyl sites for hydroxylation is 1. The lowest BCUT2D eigenvalue weighted by atomic mass is 10.1. The van der Waals surface area contributed by atoms with Crippen molar-refractivity contribution in [2.75, 3.05) is 26.9 Å². The van der Waals surface area contributed by atoms with Gasteiger partial charge >= 0.3 is 0 Å². The van der Waals surface area contributed by atoms with E-state index in [0.29, 0.717) is 26.3 Å². The number of rotatable bonds is 10. The van der Waals surface area contributed by atoms with Gasteiger partial charge in [-0.2, -0.15) is 0 Å². The maximum absolute atomic E-state index is 6.21. The van der Waals surface area contributed by atoms with Gasteiger partial charge in [-0.1, -0.05) is 43.3 Å². The highest BCUT2D eigenvalue weighted by atomic mass is 127. The van der Waals surface area contributed by atoms with Gasteiger partial charge in [0.15, 0.2) is 5.96 Å². The first-order valence-electron chi connectivity index (χ1n) is 11.1. The number of nitrogens with one attached hydrogen (secondary N) is 2. The highest BCUT2D eigenvalue weighted by molar-refractivity contribution is 14.0. The lowest BCUT2D eigenvalue weighted by Crippen LogP contribution is -2.36. The van der Waals surface area contributed by atoms with E-state index in [0.717, 1.165) is 43.3 Å². The van der Waals surface area contributed by atoms with Crippen molar-refractivity contribution in [1.82, 2.24) is 10.6 Å². The van der Waals surface area contributed by atoms with E-state index < -0.39 is 0 Å². The summed E-state index contributed by atoms with van der Waals surface area (Å²) >= 11 is 0. The molecule has 1 saturated heterocycles. The maximum Gasteiger partial charge on any atom is 0.191 e. The zero-order chi connectivity index (χ0) is 21.9. The van der Waals surface area contributed by atoms with E-state index >= 15 is 0 Å². The number of ether oxygens (including phenoxy) is 3. The number of aliphatic imine (C=N–C) groups is 1. The summed E-state index contributed by atoms with van der Waals surface area (Å²) in [5.74, 6) is 1.66. The summed E-state index contributed by atoms with van der Waals surface area (Å²) in [4.78, 5) is 4.38. The van der Waals surface area contributed by atoms with Gasteiger partial charge in [0.2, 0.25) is 0 Å². The monoisotopic (exact) mass is 553 g/mol. The van der Waals surface area contributed by atoms with Crippen molar-refractivity contribution in [3.8, 4) is 5.75 Å². The average molecular weight is 553 g/mol. The molecule has 0 amide bonds.